The van der Waals surface area contributed by atoms with Crippen molar-refractivity contribution in [3.8, 4) is 5.75 Å². The minimum atomic E-state index is -4.99. The van der Waals surface area contributed by atoms with Crippen LogP contribution in [0.4, 0.5) is 13.2 Å². The molecule has 5 nitrogen and oxygen atoms in total. The van der Waals surface area contributed by atoms with E-state index in [1.165, 1.54) is 6.07 Å². The predicted molar refractivity (Wildman–Crippen MR) is 79.6 cm³/mol. The molecule has 0 bridgehead atoms. The maximum absolute atomic E-state index is 12.7. The van der Waals surface area contributed by atoms with Crippen LogP contribution in [0.15, 0.2) is 27.6 Å². The Morgan fingerprint density at radius 2 is 1.83 bits per heavy atom. The molecule has 0 aromatic heterocycles. The third-order valence-electron chi connectivity index (χ3n) is 3.14. The highest BCUT2D eigenvalue weighted by molar-refractivity contribution is 9.10. The highest BCUT2D eigenvalue weighted by Crippen LogP contribution is 2.34. The van der Waals surface area contributed by atoms with Crippen LogP contribution in [0.2, 0.25) is 0 Å². The van der Waals surface area contributed by atoms with Gasteiger partial charge < -0.3 is 9.47 Å². The van der Waals surface area contributed by atoms with Crippen molar-refractivity contribution in [1.82, 2.24) is 4.31 Å². The molecule has 2 unspecified atom stereocenters. The lowest BCUT2D eigenvalue weighted by molar-refractivity contribution is -0.275. The van der Waals surface area contributed by atoms with E-state index >= 15 is 0 Å². The van der Waals surface area contributed by atoms with Gasteiger partial charge in [-0.25, -0.2) is 8.42 Å². The minimum Gasteiger partial charge on any atom is -0.404 e. The maximum atomic E-state index is 12.7. The standard InChI is InChI=1S/C13H15BrF3NO4S/c1-8-6-18(7-9(2)21-8)23(19,20)12-4-3-10(14)5-11(12)22-13(15,16)17/h3-5,8-9H,6-7H2,1-2H3. The Morgan fingerprint density at radius 3 is 2.35 bits per heavy atom. The van der Waals surface area contributed by atoms with Crippen molar-refractivity contribution in [3.63, 3.8) is 0 Å². The van der Waals surface area contributed by atoms with Crippen molar-refractivity contribution in [2.45, 2.75) is 37.3 Å². The smallest absolute Gasteiger partial charge is 0.404 e. The van der Waals surface area contributed by atoms with Gasteiger partial charge in [-0.1, -0.05) is 15.9 Å². The summed E-state index contributed by atoms with van der Waals surface area (Å²) < 4.78 is 73.7. The molecule has 2 atom stereocenters. The lowest BCUT2D eigenvalue weighted by Gasteiger charge is -2.34. The highest BCUT2D eigenvalue weighted by Gasteiger charge is 2.38. The van der Waals surface area contributed by atoms with Crippen LogP contribution in [0.5, 0.6) is 5.75 Å². The quantitative estimate of drug-likeness (QED) is 0.757. The van der Waals surface area contributed by atoms with Gasteiger partial charge in [0.05, 0.1) is 12.2 Å². The second-order valence-corrected chi connectivity index (χ2v) is 8.04. The first-order chi connectivity index (χ1) is 10.5. The summed E-state index contributed by atoms with van der Waals surface area (Å²) in [4.78, 5) is -0.528. The molecule has 0 radical (unpaired) electrons. The lowest BCUT2D eigenvalue weighted by atomic mass is 10.3. The number of nitrogens with zero attached hydrogens (tertiary/aromatic N) is 1. The zero-order valence-corrected chi connectivity index (χ0v) is 14.7. The second-order valence-electron chi connectivity index (χ2n) is 5.22. The topological polar surface area (TPSA) is 55.8 Å². The van der Waals surface area contributed by atoms with E-state index in [9.17, 15) is 21.6 Å². The molecule has 1 aliphatic heterocycles. The summed E-state index contributed by atoms with van der Waals surface area (Å²) >= 11 is 3.01. The van der Waals surface area contributed by atoms with Gasteiger partial charge in [-0.15, -0.1) is 13.2 Å². The maximum Gasteiger partial charge on any atom is 0.573 e. The van der Waals surface area contributed by atoms with E-state index in [4.69, 9.17) is 4.74 Å². The fraction of sp³-hybridized carbons (Fsp3) is 0.538. The number of morpholine rings is 1. The molecule has 1 fully saturated rings. The molecule has 1 heterocycles. The molecule has 0 aliphatic carbocycles. The molecule has 1 aromatic carbocycles. The van der Waals surface area contributed by atoms with E-state index in [1.807, 2.05) is 0 Å². The summed E-state index contributed by atoms with van der Waals surface area (Å²) in [6, 6.07) is 3.42. The number of halogens is 4. The Hall–Kier alpha value is -0.840. The van der Waals surface area contributed by atoms with Crippen molar-refractivity contribution in [3.05, 3.63) is 22.7 Å². The molecule has 0 saturated carbocycles. The van der Waals surface area contributed by atoms with Crippen molar-refractivity contribution >= 4 is 26.0 Å². The Kier molecular flexibility index (Phi) is 5.29. The van der Waals surface area contributed by atoms with Gasteiger partial charge in [-0.05, 0) is 32.0 Å². The number of benzene rings is 1. The van der Waals surface area contributed by atoms with Crippen LogP contribution in [0.3, 0.4) is 0 Å². The van der Waals surface area contributed by atoms with Crippen molar-refractivity contribution in [2.75, 3.05) is 13.1 Å². The van der Waals surface area contributed by atoms with E-state index in [0.29, 0.717) is 0 Å². The van der Waals surface area contributed by atoms with Crippen LogP contribution in [0.25, 0.3) is 0 Å². The van der Waals surface area contributed by atoms with Crippen LogP contribution in [0.1, 0.15) is 13.8 Å². The number of ether oxygens (including phenoxy) is 2. The third-order valence-corrected chi connectivity index (χ3v) is 5.50. The van der Waals surface area contributed by atoms with E-state index in [1.54, 1.807) is 13.8 Å². The Balaban J connectivity index is 2.43. The van der Waals surface area contributed by atoms with Gasteiger partial charge in [0, 0.05) is 17.6 Å². The van der Waals surface area contributed by atoms with Crippen LogP contribution >= 0.6 is 15.9 Å². The van der Waals surface area contributed by atoms with Crippen LogP contribution in [-0.4, -0.2) is 44.4 Å². The van der Waals surface area contributed by atoms with E-state index < -0.39 is 27.0 Å². The molecule has 2 rings (SSSR count). The van der Waals surface area contributed by atoms with E-state index in [2.05, 4.69) is 20.7 Å². The molecular weight excluding hydrogens is 403 g/mol. The number of hydrogen-bond acceptors (Lipinski definition) is 4. The Labute approximate surface area is 140 Å². The molecule has 0 N–H and O–H groups in total. The van der Waals surface area contributed by atoms with Crippen LogP contribution < -0.4 is 4.74 Å². The van der Waals surface area contributed by atoms with Crippen LogP contribution in [0, 0.1) is 0 Å². The fourth-order valence-corrected chi connectivity index (χ4v) is 4.39. The van der Waals surface area contributed by atoms with Gasteiger partial charge in [-0.2, -0.15) is 4.31 Å². The zero-order valence-electron chi connectivity index (χ0n) is 12.3. The molecule has 130 valence electrons. The summed E-state index contributed by atoms with van der Waals surface area (Å²) in [5, 5.41) is 0. The summed E-state index contributed by atoms with van der Waals surface area (Å²) in [5.41, 5.74) is 0. The average Bonchev–Trinajstić information content (AvgIpc) is 2.35. The van der Waals surface area contributed by atoms with Gasteiger partial charge >= 0.3 is 6.36 Å². The van der Waals surface area contributed by atoms with Crippen molar-refractivity contribution in [2.24, 2.45) is 0 Å². The summed E-state index contributed by atoms with van der Waals surface area (Å²) in [7, 11) is -4.14. The predicted octanol–water partition coefficient (Wildman–Crippen LogP) is 3.15. The number of rotatable bonds is 3. The zero-order chi connectivity index (χ0) is 17.4. The second kappa shape index (κ2) is 6.58. The van der Waals surface area contributed by atoms with Crippen molar-refractivity contribution in [1.29, 1.82) is 0 Å². The Bertz CT molecular complexity index is 670. The highest BCUT2D eigenvalue weighted by atomic mass is 79.9. The lowest BCUT2D eigenvalue weighted by Crippen LogP contribution is -2.48. The fourth-order valence-electron chi connectivity index (χ4n) is 2.37. The molecule has 23 heavy (non-hydrogen) atoms. The first-order valence-corrected chi connectivity index (χ1v) is 8.93. The van der Waals surface area contributed by atoms with Gasteiger partial charge in [0.15, 0.2) is 5.75 Å². The molecule has 1 aliphatic rings. The average molecular weight is 418 g/mol. The molecule has 1 saturated heterocycles. The van der Waals surface area contributed by atoms with Crippen molar-refractivity contribution < 1.29 is 31.1 Å². The van der Waals surface area contributed by atoms with Gasteiger partial charge in [0.25, 0.3) is 0 Å². The van der Waals surface area contributed by atoms with Gasteiger partial charge in [0.1, 0.15) is 4.90 Å². The molecule has 0 spiro atoms. The molecule has 0 amide bonds. The SMILES string of the molecule is CC1CN(S(=O)(=O)c2ccc(Br)cc2OC(F)(F)F)CC(C)O1. The minimum absolute atomic E-state index is 0.0637. The number of hydrogen-bond donors (Lipinski definition) is 0. The number of alkyl halides is 3. The largest absolute Gasteiger partial charge is 0.573 e. The third kappa shape index (κ3) is 4.59. The summed E-state index contributed by atoms with van der Waals surface area (Å²) in [5.74, 6) is -0.765. The first kappa shape index (κ1) is 18.5. The van der Waals surface area contributed by atoms with E-state index in [-0.39, 0.29) is 29.8 Å². The number of sulfonamides is 1. The van der Waals surface area contributed by atoms with Gasteiger partial charge in [0.2, 0.25) is 10.0 Å². The van der Waals surface area contributed by atoms with Gasteiger partial charge in [-0.3, -0.25) is 0 Å². The normalized spacial score (nSPS) is 23.7. The first-order valence-electron chi connectivity index (χ1n) is 6.70. The molecule has 10 heteroatoms. The summed E-state index contributed by atoms with van der Waals surface area (Å²) in [6.07, 6.45) is -5.69. The monoisotopic (exact) mass is 417 g/mol. The van der Waals surface area contributed by atoms with Crippen LogP contribution in [-0.2, 0) is 14.8 Å². The Morgan fingerprint density at radius 1 is 1.26 bits per heavy atom. The molecule has 1 aromatic rings. The van der Waals surface area contributed by atoms with E-state index in [0.717, 1.165) is 16.4 Å². The summed E-state index contributed by atoms with van der Waals surface area (Å²) in [6.45, 7) is 3.53. The molecular formula is C13H15BrF3NO4S.